The molecule has 0 nitrogen and oxygen atoms in total. The molecule has 56 valence electrons. The molecule has 1 fully saturated rings. The first-order valence-electron chi connectivity index (χ1n) is 4.02. The third-order valence-corrected chi connectivity index (χ3v) is 2.51. The summed E-state index contributed by atoms with van der Waals surface area (Å²) in [6.45, 7) is 11.9. The van der Waals surface area contributed by atoms with Crippen molar-refractivity contribution in [1.29, 1.82) is 0 Å². The molecule has 2 radical (unpaired) electrons. The first-order chi connectivity index (χ1) is 4.74. The van der Waals surface area contributed by atoms with Crippen molar-refractivity contribution in [2.24, 2.45) is 17.8 Å². The van der Waals surface area contributed by atoms with Gasteiger partial charge in [0.2, 0.25) is 0 Å². The van der Waals surface area contributed by atoms with E-state index in [2.05, 4.69) is 26.5 Å². The lowest BCUT2D eigenvalue weighted by atomic mass is 9.76. The van der Waals surface area contributed by atoms with Crippen LogP contribution < -0.4 is 0 Å². The topological polar surface area (TPSA) is 0 Å². The van der Waals surface area contributed by atoms with Gasteiger partial charge in [0.05, 0.1) is 0 Å². The van der Waals surface area contributed by atoms with Gasteiger partial charge in [0, 0.05) is 0 Å². The SMILES string of the molecule is [CH2]C1CCC(C=C)CC1[CH2]. The zero-order valence-electron chi connectivity index (χ0n) is 6.55. The normalized spacial score (nSPS) is 41.2. The summed E-state index contributed by atoms with van der Waals surface area (Å²) < 4.78 is 0. The van der Waals surface area contributed by atoms with Crippen molar-refractivity contribution >= 4 is 0 Å². The molecule has 10 heavy (non-hydrogen) atoms. The molecule has 0 heteroatoms. The molecule has 0 aliphatic heterocycles. The number of rotatable bonds is 1. The van der Waals surface area contributed by atoms with Gasteiger partial charge in [-0.25, -0.2) is 0 Å². The molecule has 3 atom stereocenters. The van der Waals surface area contributed by atoms with E-state index in [1.165, 1.54) is 19.3 Å². The smallest absolute Gasteiger partial charge is 0.0233 e. The predicted octanol–water partition coefficient (Wildman–Crippen LogP) is 2.87. The van der Waals surface area contributed by atoms with Gasteiger partial charge >= 0.3 is 0 Å². The lowest BCUT2D eigenvalue weighted by molar-refractivity contribution is 0.283. The maximum absolute atomic E-state index is 4.07. The minimum absolute atomic E-state index is 0.553. The van der Waals surface area contributed by atoms with Gasteiger partial charge < -0.3 is 0 Å². The van der Waals surface area contributed by atoms with Crippen molar-refractivity contribution in [3.8, 4) is 0 Å². The Kier molecular flexibility index (Phi) is 2.53. The summed E-state index contributed by atoms with van der Waals surface area (Å²) in [5.41, 5.74) is 0. The van der Waals surface area contributed by atoms with Gasteiger partial charge in [0.15, 0.2) is 0 Å². The van der Waals surface area contributed by atoms with Crippen molar-refractivity contribution in [1.82, 2.24) is 0 Å². The highest BCUT2D eigenvalue weighted by atomic mass is 14.3. The second-order valence-corrected chi connectivity index (χ2v) is 3.33. The van der Waals surface area contributed by atoms with Gasteiger partial charge in [-0.3, -0.25) is 0 Å². The lowest BCUT2D eigenvalue weighted by Crippen LogP contribution is -2.19. The molecular weight excluding hydrogens is 120 g/mol. The molecule has 0 bridgehead atoms. The summed E-state index contributed by atoms with van der Waals surface area (Å²) in [6, 6.07) is 0. The second kappa shape index (κ2) is 3.23. The van der Waals surface area contributed by atoms with Gasteiger partial charge in [-0.2, -0.15) is 0 Å². The summed E-state index contributed by atoms with van der Waals surface area (Å²) >= 11 is 0. The van der Waals surface area contributed by atoms with Crippen LogP contribution in [0.2, 0.25) is 0 Å². The first kappa shape index (κ1) is 7.84. The average molecular weight is 136 g/mol. The summed E-state index contributed by atoms with van der Waals surface area (Å²) in [5, 5.41) is 0. The van der Waals surface area contributed by atoms with Crippen molar-refractivity contribution < 1.29 is 0 Å². The van der Waals surface area contributed by atoms with E-state index in [9.17, 15) is 0 Å². The summed E-state index contributed by atoms with van der Waals surface area (Å²) in [7, 11) is 0. The maximum atomic E-state index is 4.07. The zero-order valence-corrected chi connectivity index (χ0v) is 6.55. The standard InChI is InChI=1S/C10H16/c1-4-10-6-5-8(2)9(3)7-10/h4,8-10H,1-3,5-7H2. The van der Waals surface area contributed by atoms with E-state index in [4.69, 9.17) is 0 Å². The van der Waals surface area contributed by atoms with Crippen LogP contribution in [0, 0.1) is 31.6 Å². The van der Waals surface area contributed by atoms with Gasteiger partial charge in [-0.05, 0) is 50.9 Å². The van der Waals surface area contributed by atoms with E-state index < -0.39 is 0 Å². The second-order valence-electron chi connectivity index (χ2n) is 3.33. The quantitative estimate of drug-likeness (QED) is 0.486. The van der Waals surface area contributed by atoms with E-state index in [0.717, 1.165) is 0 Å². The third-order valence-electron chi connectivity index (χ3n) is 2.51. The molecule has 1 aliphatic rings. The molecule has 0 heterocycles. The first-order valence-corrected chi connectivity index (χ1v) is 4.02. The summed E-state index contributed by atoms with van der Waals surface area (Å²) in [4.78, 5) is 0. The Bertz CT molecular complexity index is 115. The summed E-state index contributed by atoms with van der Waals surface area (Å²) in [5.74, 6) is 1.84. The van der Waals surface area contributed by atoms with Crippen LogP contribution >= 0.6 is 0 Å². The molecule has 3 unspecified atom stereocenters. The lowest BCUT2D eigenvalue weighted by Gasteiger charge is -2.29. The molecular formula is C10H16. The van der Waals surface area contributed by atoms with Crippen LogP contribution in [0.15, 0.2) is 12.7 Å². The van der Waals surface area contributed by atoms with Crippen LogP contribution in [0.1, 0.15) is 19.3 Å². The minimum Gasteiger partial charge on any atom is -0.103 e. The molecule has 0 aromatic heterocycles. The van der Waals surface area contributed by atoms with Crippen LogP contribution in [0.4, 0.5) is 0 Å². The fourth-order valence-electron chi connectivity index (χ4n) is 1.58. The Morgan fingerprint density at radius 2 is 1.80 bits per heavy atom. The minimum atomic E-state index is 0.553. The number of hydrogen-bond donors (Lipinski definition) is 0. The molecule has 0 aromatic rings. The highest BCUT2D eigenvalue weighted by Gasteiger charge is 2.22. The Balaban J connectivity index is 2.40. The van der Waals surface area contributed by atoms with Gasteiger partial charge in [0.25, 0.3) is 0 Å². The molecule has 0 aromatic carbocycles. The van der Waals surface area contributed by atoms with Crippen LogP contribution in [-0.2, 0) is 0 Å². The molecule has 0 amide bonds. The van der Waals surface area contributed by atoms with Gasteiger partial charge in [-0.1, -0.05) is 6.08 Å². The third kappa shape index (κ3) is 1.62. The van der Waals surface area contributed by atoms with E-state index in [-0.39, 0.29) is 0 Å². The average Bonchev–Trinajstić information content (AvgIpc) is 1.95. The van der Waals surface area contributed by atoms with Gasteiger partial charge in [0.1, 0.15) is 0 Å². The highest BCUT2D eigenvalue weighted by molar-refractivity contribution is 4.89. The molecule has 1 saturated carbocycles. The Hall–Kier alpha value is -0.260. The summed E-state index contributed by atoms with van der Waals surface area (Å²) in [6.07, 6.45) is 5.75. The zero-order chi connectivity index (χ0) is 7.56. The van der Waals surface area contributed by atoms with Gasteiger partial charge in [-0.15, -0.1) is 6.58 Å². The van der Waals surface area contributed by atoms with E-state index in [0.29, 0.717) is 17.8 Å². The van der Waals surface area contributed by atoms with E-state index in [1.54, 1.807) is 0 Å². The molecule has 0 saturated heterocycles. The molecule has 0 spiro atoms. The Morgan fingerprint density at radius 1 is 1.10 bits per heavy atom. The van der Waals surface area contributed by atoms with Crippen molar-refractivity contribution in [2.75, 3.05) is 0 Å². The van der Waals surface area contributed by atoms with E-state index >= 15 is 0 Å². The number of allylic oxidation sites excluding steroid dienone is 1. The Labute approximate surface area is 64.3 Å². The number of hydrogen-bond acceptors (Lipinski definition) is 0. The largest absolute Gasteiger partial charge is 0.103 e. The van der Waals surface area contributed by atoms with Crippen LogP contribution in [-0.4, -0.2) is 0 Å². The van der Waals surface area contributed by atoms with Crippen LogP contribution in [0.25, 0.3) is 0 Å². The predicted molar refractivity (Wildman–Crippen MR) is 45.2 cm³/mol. The van der Waals surface area contributed by atoms with Crippen molar-refractivity contribution in [3.05, 3.63) is 26.5 Å². The monoisotopic (exact) mass is 136 g/mol. The van der Waals surface area contributed by atoms with Crippen LogP contribution in [0.5, 0.6) is 0 Å². The fraction of sp³-hybridized carbons (Fsp3) is 0.600. The van der Waals surface area contributed by atoms with E-state index in [1.807, 2.05) is 0 Å². The molecule has 0 N–H and O–H groups in total. The van der Waals surface area contributed by atoms with Crippen molar-refractivity contribution in [2.45, 2.75) is 19.3 Å². The Morgan fingerprint density at radius 3 is 2.30 bits per heavy atom. The highest BCUT2D eigenvalue weighted by Crippen LogP contribution is 2.32. The fourth-order valence-corrected chi connectivity index (χ4v) is 1.58. The molecule has 1 rings (SSSR count). The van der Waals surface area contributed by atoms with Crippen LogP contribution in [0.3, 0.4) is 0 Å². The maximum Gasteiger partial charge on any atom is -0.0233 e. The molecule has 1 aliphatic carbocycles. The van der Waals surface area contributed by atoms with Crippen molar-refractivity contribution in [3.63, 3.8) is 0 Å².